The second-order valence-electron chi connectivity index (χ2n) is 4.68. The Balaban J connectivity index is 1.67. The maximum absolute atomic E-state index is 12.0. The molecule has 8 heteroatoms. The Bertz CT molecular complexity index is 839. The van der Waals surface area contributed by atoms with Crippen molar-refractivity contribution < 1.29 is 18.7 Å². The Morgan fingerprint density at radius 2 is 2.17 bits per heavy atom. The van der Waals surface area contributed by atoms with E-state index in [9.17, 15) is 9.59 Å². The number of hydrogen-bond donors (Lipinski definition) is 0. The first kappa shape index (κ1) is 14.6. The summed E-state index contributed by atoms with van der Waals surface area (Å²) in [6, 6.07) is 1.58. The highest BCUT2D eigenvalue weighted by Crippen LogP contribution is 2.08. The van der Waals surface area contributed by atoms with Gasteiger partial charge in [-0.1, -0.05) is 0 Å². The van der Waals surface area contributed by atoms with Crippen molar-refractivity contribution in [2.75, 3.05) is 6.61 Å². The second kappa shape index (κ2) is 6.22. The van der Waals surface area contributed by atoms with Gasteiger partial charge in [0.25, 0.3) is 0 Å². The Hall–Kier alpha value is -3.29. The summed E-state index contributed by atoms with van der Waals surface area (Å²) in [5.74, 6) is -0.0470. The molecule has 0 saturated carbocycles. The zero-order chi connectivity index (χ0) is 16.2. The molecular formula is C15H12N4O4. The highest BCUT2D eigenvalue weighted by Gasteiger charge is 2.15. The standard InChI is InChI=1S/C15H12N4O4/c1-10-4-11(7-22-10)13(20)8-23-15(21)12-5-17-6-14(18-12)19-3-2-16-9-19/h2-7,9H,8H2,1H3. The topological polar surface area (TPSA) is 100 Å². The van der Waals surface area contributed by atoms with Crippen LogP contribution in [0.2, 0.25) is 0 Å². The number of Topliss-reactive ketones (excluding diaryl/α,β-unsaturated/α-hetero) is 1. The van der Waals surface area contributed by atoms with Crippen LogP contribution < -0.4 is 0 Å². The summed E-state index contributed by atoms with van der Waals surface area (Å²) in [5, 5.41) is 0. The molecule has 0 saturated heterocycles. The van der Waals surface area contributed by atoms with Gasteiger partial charge in [0.15, 0.2) is 18.1 Å². The highest BCUT2D eigenvalue weighted by molar-refractivity contribution is 5.98. The molecule has 0 bridgehead atoms. The van der Waals surface area contributed by atoms with Crippen molar-refractivity contribution in [2.24, 2.45) is 0 Å². The third kappa shape index (κ3) is 3.31. The zero-order valence-corrected chi connectivity index (χ0v) is 12.2. The molecule has 3 aromatic heterocycles. The Morgan fingerprint density at radius 1 is 1.30 bits per heavy atom. The van der Waals surface area contributed by atoms with Crippen molar-refractivity contribution in [2.45, 2.75) is 6.92 Å². The zero-order valence-electron chi connectivity index (χ0n) is 12.2. The number of nitrogens with zero attached hydrogens (tertiary/aromatic N) is 4. The predicted octanol–water partition coefficient (Wildman–Crippen LogP) is 1.60. The summed E-state index contributed by atoms with van der Waals surface area (Å²) in [7, 11) is 0. The van der Waals surface area contributed by atoms with Crippen LogP contribution in [-0.4, -0.2) is 37.9 Å². The average Bonchev–Trinajstić information content (AvgIpc) is 3.24. The minimum absolute atomic E-state index is 0.00683. The molecule has 0 fully saturated rings. The Morgan fingerprint density at radius 3 is 2.87 bits per heavy atom. The first-order valence-electron chi connectivity index (χ1n) is 6.69. The molecule has 3 rings (SSSR count). The summed E-state index contributed by atoms with van der Waals surface area (Å²) in [5.41, 5.74) is 0.362. The van der Waals surface area contributed by atoms with Gasteiger partial charge < -0.3 is 9.15 Å². The Labute approximate surface area is 130 Å². The van der Waals surface area contributed by atoms with Crippen LogP contribution in [0.5, 0.6) is 0 Å². The maximum Gasteiger partial charge on any atom is 0.359 e. The number of esters is 1. The number of imidazole rings is 1. The molecule has 3 aromatic rings. The smallest absolute Gasteiger partial charge is 0.359 e. The van der Waals surface area contributed by atoms with Crippen LogP contribution >= 0.6 is 0 Å². The number of aryl methyl sites for hydroxylation is 1. The van der Waals surface area contributed by atoms with E-state index in [4.69, 9.17) is 9.15 Å². The van der Waals surface area contributed by atoms with Gasteiger partial charge in [0.05, 0.1) is 18.0 Å². The van der Waals surface area contributed by atoms with Crippen molar-refractivity contribution >= 4 is 11.8 Å². The second-order valence-corrected chi connectivity index (χ2v) is 4.68. The molecule has 0 aliphatic rings. The fourth-order valence-electron chi connectivity index (χ4n) is 1.85. The average molecular weight is 312 g/mol. The van der Waals surface area contributed by atoms with E-state index in [-0.39, 0.29) is 11.5 Å². The van der Waals surface area contributed by atoms with Gasteiger partial charge in [-0.25, -0.2) is 14.8 Å². The van der Waals surface area contributed by atoms with Crippen LogP contribution in [0.1, 0.15) is 26.6 Å². The number of rotatable bonds is 5. The van der Waals surface area contributed by atoms with Gasteiger partial charge in [-0.05, 0) is 13.0 Å². The van der Waals surface area contributed by atoms with Crippen molar-refractivity contribution in [3.05, 3.63) is 60.5 Å². The monoisotopic (exact) mass is 312 g/mol. The summed E-state index contributed by atoms with van der Waals surface area (Å²) in [6.45, 7) is 1.33. The number of ether oxygens (including phenoxy) is 1. The van der Waals surface area contributed by atoms with Gasteiger partial charge in [0.1, 0.15) is 18.4 Å². The van der Waals surface area contributed by atoms with Crippen LogP contribution in [0.15, 0.2) is 47.9 Å². The van der Waals surface area contributed by atoms with Crippen LogP contribution in [0, 0.1) is 6.92 Å². The lowest BCUT2D eigenvalue weighted by Crippen LogP contribution is -2.15. The first-order valence-corrected chi connectivity index (χ1v) is 6.69. The molecule has 23 heavy (non-hydrogen) atoms. The SMILES string of the molecule is Cc1cc(C(=O)COC(=O)c2cncc(-n3ccnc3)n2)co1. The summed E-state index contributed by atoms with van der Waals surface area (Å²) in [6.07, 6.45) is 8.87. The van der Waals surface area contributed by atoms with Crippen LogP contribution in [0.3, 0.4) is 0 Å². The van der Waals surface area contributed by atoms with E-state index in [1.165, 1.54) is 25.0 Å². The van der Waals surface area contributed by atoms with E-state index in [0.29, 0.717) is 17.1 Å². The third-order valence-electron chi connectivity index (χ3n) is 2.99. The van der Waals surface area contributed by atoms with E-state index in [0.717, 1.165) is 0 Å². The molecule has 8 nitrogen and oxygen atoms in total. The minimum atomic E-state index is -0.729. The first-order chi connectivity index (χ1) is 11.1. The summed E-state index contributed by atoms with van der Waals surface area (Å²) < 4.78 is 11.6. The largest absolute Gasteiger partial charge is 0.469 e. The molecule has 0 N–H and O–H groups in total. The Kier molecular flexibility index (Phi) is 3.96. The predicted molar refractivity (Wildman–Crippen MR) is 77.2 cm³/mol. The lowest BCUT2D eigenvalue weighted by Gasteiger charge is -2.04. The molecule has 0 aromatic carbocycles. The van der Waals surface area contributed by atoms with Crippen LogP contribution in [0.25, 0.3) is 5.82 Å². The maximum atomic E-state index is 12.0. The number of aromatic nitrogens is 4. The fraction of sp³-hybridized carbons (Fsp3) is 0.133. The van der Waals surface area contributed by atoms with Crippen molar-refractivity contribution in [1.29, 1.82) is 0 Å². The molecular weight excluding hydrogens is 300 g/mol. The molecule has 0 unspecified atom stereocenters. The van der Waals surface area contributed by atoms with Gasteiger partial charge in [-0.3, -0.25) is 14.3 Å². The molecule has 0 amide bonds. The van der Waals surface area contributed by atoms with E-state index in [1.54, 1.807) is 30.0 Å². The van der Waals surface area contributed by atoms with E-state index < -0.39 is 12.6 Å². The third-order valence-corrected chi connectivity index (χ3v) is 2.99. The van der Waals surface area contributed by atoms with Gasteiger partial charge in [0.2, 0.25) is 5.78 Å². The molecule has 0 aliphatic heterocycles. The number of ketones is 1. The molecule has 0 aliphatic carbocycles. The van der Waals surface area contributed by atoms with E-state index in [1.807, 2.05) is 0 Å². The van der Waals surface area contributed by atoms with Gasteiger partial charge in [-0.15, -0.1) is 0 Å². The molecule has 0 atom stereocenters. The van der Waals surface area contributed by atoms with Gasteiger partial charge >= 0.3 is 5.97 Å². The fourth-order valence-corrected chi connectivity index (χ4v) is 1.85. The highest BCUT2D eigenvalue weighted by atomic mass is 16.5. The van der Waals surface area contributed by atoms with Crippen molar-refractivity contribution in [1.82, 2.24) is 19.5 Å². The lowest BCUT2D eigenvalue weighted by molar-refractivity contribution is 0.0468. The lowest BCUT2D eigenvalue weighted by atomic mass is 10.2. The quantitative estimate of drug-likeness (QED) is 0.521. The van der Waals surface area contributed by atoms with Crippen LogP contribution in [-0.2, 0) is 4.74 Å². The molecule has 0 radical (unpaired) electrons. The molecule has 116 valence electrons. The van der Waals surface area contributed by atoms with Crippen molar-refractivity contribution in [3.63, 3.8) is 0 Å². The minimum Gasteiger partial charge on any atom is -0.469 e. The number of carbonyl (C=O) groups is 2. The number of carbonyl (C=O) groups excluding carboxylic acids is 2. The number of hydrogen-bond acceptors (Lipinski definition) is 7. The van der Waals surface area contributed by atoms with Gasteiger partial charge in [-0.2, -0.15) is 0 Å². The summed E-state index contributed by atoms with van der Waals surface area (Å²) in [4.78, 5) is 35.8. The number of furan rings is 1. The van der Waals surface area contributed by atoms with E-state index >= 15 is 0 Å². The van der Waals surface area contributed by atoms with E-state index in [2.05, 4.69) is 15.0 Å². The van der Waals surface area contributed by atoms with Crippen LogP contribution in [0.4, 0.5) is 0 Å². The van der Waals surface area contributed by atoms with Gasteiger partial charge in [0, 0.05) is 12.4 Å². The summed E-state index contributed by atoms with van der Waals surface area (Å²) >= 11 is 0. The normalized spacial score (nSPS) is 10.5. The van der Waals surface area contributed by atoms with Crippen molar-refractivity contribution in [3.8, 4) is 5.82 Å². The molecule has 0 spiro atoms. The molecule has 3 heterocycles.